The van der Waals surface area contributed by atoms with Gasteiger partial charge in [-0.15, -0.1) is 0 Å². The average molecular weight is 480 g/mol. The molecule has 3 aromatic rings. The number of aromatic nitrogens is 2. The summed E-state index contributed by atoms with van der Waals surface area (Å²) in [5, 5.41) is 0.608. The Balaban J connectivity index is 1.94. The number of fused-ring (bicyclic) bond motifs is 1. The summed E-state index contributed by atoms with van der Waals surface area (Å²) in [4.78, 5) is 17.5. The van der Waals surface area contributed by atoms with Crippen LogP contribution in [-0.2, 0) is 16.6 Å². The molecule has 0 radical (unpaired) electrons. The SMILES string of the molecule is CCCCn1c(SCC(=O)c2cc(F)ccc2OC)nc2cc(S(=O)(=O)N(C)C)ccc21. The minimum absolute atomic E-state index is 0.0398. The van der Waals surface area contributed by atoms with Crippen LogP contribution < -0.4 is 4.74 Å². The number of thioether (sulfide) groups is 1. The predicted octanol–water partition coefficient (Wildman–Crippen LogP) is 4.21. The van der Waals surface area contributed by atoms with Crippen molar-refractivity contribution in [2.75, 3.05) is 27.0 Å². The number of unbranched alkanes of at least 4 members (excludes halogenated alkanes) is 1. The number of hydrogen-bond acceptors (Lipinski definition) is 6. The highest BCUT2D eigenvalue weighted by Crippen LogP contribution is 2.29. The van der Waals surface area contributed by atoms with Crippen LogP contribution in [0, 0.1) is 5.82 Å². The lowest BCUT2D eigenvalue weighted by molar-refractivity contribution is 0.101. The minimum Gasteiger partial charge on any atom is -0.496 e. The lowest BCUT2D eigenvalue weighted by Gasteiger charge is -2.11. The number of carbonyl (C=O) groups is 1. The molecule has 0 aliphatic heterocycles. The second kappa shape index (κ2) is 10.0. The molecule has 32 heavy (non-hydrogen) atoms. The largest absolute Gasteiger partial charge is 0.496 e. The van der Waals surface area contributed by atoms with Crippen LogP contribution in [0.15, 0.2) is 46.5 Å². The Morgan fingerprint density at radius 2 is 1.97 bits per heavy atom. The Kier molecular flexibility index (Phi) is 7.58. The van der Waals surface area contributed by atoms with E-state index < -0.39 is 15.8 Å². The minimum atomic E-state index is -3.59. The maximum absolute atomic E-state index is 13.7. The highest BCUT2D eigenvalue weighted by Gasteiger charge is 2.21. The lowest BCUT2D eigenvalue weighted by atomic mass is 10.1. The Hall–Kier alpha value is -2.43. The van der Waals surface area contributed by atoms with E-state index in [-0.39, 0.29) is 22.0 Å². The fraction of sp³-hybridized carbons (Fsp3) is 0.364. The third-order valence-electron chi connectivity index (χ3n) is 4.99. The number of halogens is 1. The molecule has 0 unspecified atom stereocenters. The Morgan fingerprint density at radius 1 is 1.22 bits per heavy atom. The van der Waals surface area contributed by atoms with Gasteiger partial charge in [-0.25, -0.2) is 22.1 Å². The molecule has 0 amide bonds. The van der Waals surface area contributed by atoms with Gasteiger partial charge in [-0.2, -0.15) is 0 Å². The van der Waals surface area contributed by atoms with Crippen LogP contribution in [0.2, 0.25) is 0 Å². The number of nitrogens with zero attached hydrogens (tertiary/aromatic N) is 3. The van der Waals surface area contributed by atoms with Crippen LogP contribution in [0.1, 0.15) is 30.1 Å². The second-order valence-corrected chi connectivity index (χ2v) is 10.5. The molecule has 10 heteroatoms. The van der Waals surface area contributed by atoms with Gasteiger partial charge in [0, 0.05) is 20.6 Å². The van der Waals surface area contributed by atoms with Gasteiger partial charge in [-0.1, -0.05) is 25.1 Å². The zero-order valence-electron chi connectivity index (χ0n) is 18.5. The first kappa shape index (κ1) is 24.2. The van der Waals surface area contributed by atoms with Crippen LogP contribution in [0.25, 0.3) is 11.0 Å². The van der Waals surface area contributed by atoms with Crippen LogP contribution in [-0.4, -0.2) is 55.0 Å². The third-order valence-corrected chi connectivity index (χ3v) is 7.78. The van der Waals surface area contributed by atoms with Crippen molar-refractivity contribution < 1.29 is 22.3 Å². The van der Waals surface area contributed by atoms with E-state index in [4.69, 9.17) is 4.74 Å². The van der Waals surface area contributed by atoms with Crippen molar-refractivity contribution in [2.45, 2.75) is 36.4 Å². The molecule has 0 fully saturated rings. The Bertz CT molecular complexity index is 1240. The molecule has 172 valence electrons. The summed E-state index contributed by atoms with van der Waals surface area (Å²) >= 11 is 1.24. The van der Waals surface area contributed by atoms with Gasteiger partial charge in [-0.05, 0) is 42.8 Å². The molecule has 1 aromatic heterocycles. The smallest absolute Gasteiger partial charge is 0.242 e. The molecule has 0 bridgehead atoms. The normalized spacial score (nSPS) is 11.9. The van der Waals surface area contributed by atoms with E-state index in [1.165, 1.54) is 51.2 Å². The van der Waals surface area contributed by atoms with Crippen LogP contribution in [0.4, 0.5) is 4.39 Å². The molecule has 1 heterocycles. The number of sulfonamides is 1. The monoisotopic (exact) mass is 479 g/mol. The summed E-state index contributed by atoms with van der Waals surface area (Å²) in [6.45, 7) is 2.76. The molecular formula is C22H26FN3O4S2. The molecule has 2 aromatic carbocycles. The number of carbonyl (C=O) groups excluding carboxylic acids is 1. The molecule has 0 N–H and O–H groups in total. The number of methoxy groups -OCH3 is 1. The molecule has 0 atom stereocenters. The van der Waals surface area contributed by atoms with Gasteiger partial charge in [0.25, 0.3) is 0 Å². The number of ether oxygens (including phenoxy) is 1. The molecule has 3 rings (SSSR count). The van der Waals surface area contributed by atoms with Crippen LogP contribution in [0.5, 0.6) is 5.75 Å². The molecule has 0 spiro atoms. The average Bonchev–Trinajstić information content (AvgIpc) is 3.12. The zero-order valence-corrected chi connectivity index (χ0v) is 20.1. The van der Waals surface area contributed by atoms with Crippen molar-refractivity contribution in [1.29, 1.82) is 0 Å². The first-order valence-electron chi connectivity index (χ1n) is 10.1. The molecule has 0 saturated carbocycles. The van der Waals surface area contributed by atoms with Crippen LogP contribution >= 0.6 is 11.8 Å². The first-order valence-corrected chi connectivity index (χ1v) is 12.5. The molecular weight excluding hydrogens is 453 g/mol. The molecule has 7 nitrogen and oxygen atoms in total. The lowest BCUT2D eigenvalue weighted by Crippen LogP contribution is -2.22. The summed E-state index contributed by atoms with van der Waals surface area (Å²) < 4.78 is 47.0. The first-order chi connectivity index (χ1) is 15.2. The fourth-order valence-electron chi connectivity index (χ4n) is 3.21. The fourth-order valence-corrected chi connectivity index (χ4v) is 5.05. The van der Waals surface area contributed by atoms with E-state index in [2.05, 4.69) is 11.9 Å². The molecule has 0 aliphatic rings. The maximum atomic E-state index is 13.7. The predicted molar refractivity (Wildman–Crippen MR) is 124 cm³/mol. The summed E-state index contributed by atoms with van der Waals surface area (Å²) in [7, 11) is 0.801. The number of hydrogen-bond donors (Lipinski definition) is 0. The zero-order chi connectivity index (χ0) is 23.5. The van der Waals surface area contributed by atoms with Crippen LogP contribution in [0.3, 0.4) is 0 Å². The van der Waals surface area contributed by atoms with E-state index in [1.807, 2.05) is 4.57 Å². The van der Waals surface area contributed by atoms with Gasteiger partial charge in [0.05, 0.1) is 34.4 Å². The van der Waals surface area contributed by atoms with Crippen molar-refractivity contribution in [3.8, 4) is 5.75 Å². The summed E-state index contributed by atoms with van der Waals surface area (Å²) in [5.41, 5.74) is 1.52. The van der Waals surface area contributed by atoms with Gasteiger partial charge in [0.1, 0.15) is 11.6 Å². The van der Waals surface area contributed by atoms with Gasteiger partial charge in [0.2, 0.25) is 10.0 Å². The van der Waals surface area contributed by atoms with E-state index in [0.29, 0.717) is 23.0 Å². The number of ketones is 1. The quantitative estimate of drug-likeness (QED) is 0.320. The van der Waals surface area contributed by atoms with Crippen molar-refractivity contribution in [3.05, 3.63) is 47.8 Å². The van der Waals surface area contributed by atoms with E-state index in [0.717, 1.165) is 22.7 Å². The van der Waals surface area contributed by atoms with Crippen molar-refractivity contribution in [3.63, 3.8) is 0 Å². The number of aryl methyl sites for hydroxylation is 1. The van der Waals surface area contributed by atoms with Crippen molar-refractivity contribution in [2.24, 2.45) is 0 Å². The Morgan fingerprint density at radius 3 is 2.62 bits per heavy atom. The van der Waals surface area contributed by atoms with Crippen molar-refractivity contribution in [1.82, 2.24) is 13.9 Å². The van der Waals surface area contributed by atoms with Gasteiger partial charge in [-0.3, -0.25) is 4.79 Å². The van der Waals surface area contributed by atoms with Gasteiger partial charge < -0.3 is 9.30 Å². The van der Waals surface area contributed by atoms with Gasteiger partial charge in [0.15, 0.2) is 10.9 Å². The van der Waals surface area contributed by atoms with E-state index in [1.54, 1.807) is 18.2 Å². The number of imidazole rings is 1. The standard InChI is InChI=1S/C22H26FN3O4S2/c1-5-6-11-26-19-9-8-16(32(28,29)25(2)3)13-18(19)24-22(26)31-14-20(27)17-12-15(23)7-10-21(17)30-4/h7-10,12-13H,5-6,11,14H2,1-4H3. The highest BCUT2D eigenvalue weighted by atomic mass is 32.2. The summed E-state index contributed by atoms with van der Waals surface area (Å²) in [6.07, 6.45) is 1.87. The highest BCUT2D eigenvalue weighted by molar-refractivity contribution is 7.99. The topological polar surface area (TPSA) is 81.5 Å². The number of benzene rings is 2. The van der Waals surface area contributed by atoms with E-state index in [9.17, 15) is 17.6 Å². The van der Waals surface area contributed by atoms with Crippen molar-refractivity contribution >= 4 is 38.6 Å². The van der Waals surface area contributed by atoms with E-state index >= 15 is 0 Å². The third kappa shape index (κ3) is 4.97. The number of Topliss-reactive ketones (excluding diaryl/α,β-unsaturated/α-hetero) is 1. The second-order valence-electron chi connectivity index (χ2n) is 7.39. The Labute approximate surface area is 191 Å². The maximum Gasteiger partial charge on any atom is 0.242 e. The summed E-state index contributed by atoms with van der Waals surface area (Å²) in [5.74, 6) is -0.437. The summed E-state index contributed by atoms with van der Waals surface area (Å²) in [6, 6.07) is 8.70. The van der Waals surface area contributed by atoms with Gasteiger partial charge >= 0.3 is 0 Å². The molecule has 0 aliphatic carbocycles. The molecule has 0 saturated heterocycles. The number of rotatable bonds is 10.